The van der Waals surface area contributed by atoms with Gasteiger partial charge in [0.15, 0.2) is 0 Å². The van der Waals surface area contributed by atoms with Crippen molar-refractivity contribution in [3.63, 3.8) is 0 Å². The van der Waals surface area contributed by atoms with Crippen LogP contribution in [0.2, 0.25) is 0 Å². The molecule has 3 aromatic rings. The molecule has 2 heterocycles. The van der Waals surface area contributed by atoms with Gasteiger partial charge in [-0.25, -0.2) is 4.68 Å². The molecular formula is C26H30N4O2. The fourth-order valence-corrected chi connectivity index (χ4v) is 4.39. The summed E-state index contributed by atoms with van der Waals surface area (Å²) >= 11 is 0. The molecule has 0 radical (unpaired) electrons. The van der Waals surface area contributed by atoms with Gasteiger partial charge in [-0.05, 0) is 68.7 Å². The minimum Gasteiger partial charge on any atom is -0.338 e. The standard InChI is InChI=1S/C26H30N4O2/c1-3-17-29(23-14-18-28(19-15-23)25(31)21-7-5-4-6-8-21)26(32)22-9-11-24(12-10-22)30-20(2)13-16-27-30/h4-13,16,23H,3,14-15,17-19H2,1-2H3. The van der Waals surface area contributed by atoms with Crippen LogP contribution in [-0.2, 0) is 0 Å². The number of piperidine rings is 1. The Morgan fingerprint density at radius 1 is 0.969 bits per heavy atom. The maximum Gasteiger partial charge on any atom is 0.254 e. The molecule has 32 heavy (non-hydrogen) atoms. The summed E-state index contributed by atoms with van der Waals surface area (Å²) in [6, 6.07) is 19.2. The van der Waals surface area contributed by atoms with Gasteiger partial charge in [0, 0.05) is 48.7 Å². The third kappa shape index (κ3) is 4.59. The first kappa shape index (κ1) is 21.8. The average molecular weight is 431 g/mol. The van der Waals surface area contributed by atoms with Crippen molar-refractivity contribution in [2.75, 3.05) is 19.6 Å². The van der Waals surface area contributed by atoms with E-state index in [0.717, 1.165) is 42.8 Å². The second-order valence-corrected chi connectivity index (χ2v) is 8.32. The smallest absolute Gasteiger partial charge is 0.254 e. The fraction of sp³-hybridized carbons (Fsp3) is 0.346. The fourth-order valence-electron chi connectivity index (χ4n) is 4.39. The Balaban J connectivity index is 1.43. The Bertz CT molecular complexity index is 1050. The molecule has 0 unspecified atom stereocenters. The molecule has 166 valence electrons. The number of carbonyl (C=O) groups is 2. The van der Waals surface area contributed by atoms with E-state index in [9.17, 15) is 9.59 Å². The molecule has 1 saturated heterocycles. The molecule has 1 fully saturated rings. The lowest BCUT2D eigenvalue weighted by atomic mass is 10.0. The summed E-state index contributed by atoms with van der Waals surface area (Å²) in [6.07, 6.45) is 4.27. The van der Waals surface area contributed by atoms with Gasteiger partial charge in [-0.3, -0.25) is 9.59 Å². The summed E-state index contributed by atoms with van der Waals surface area (Å²) in [4.78, 5) is 30.0. The van der Waals surface area contributed by atoms with Crippen LogP contribution in [-0.4, -0.2) is 57.1 Å². The molecule has 1 aliphatic heterocycles. The van der Waals surface area contributed by atoms with Gasteiger partial charge in [0.1, 0.15) is 0 Å². The van der Waals surface area contributed by atoms with Crippen molar-refractivity contribution in [2.24, 2.45) is 0 Å². The van der Waals surface area contributed by atoms with Crippen LogP contribution in [0, 0.1) is 6.92 Å². The summed E-state index contributed by atoms with van der Waals surface area (Å²) in [7, 11) is 0. The van der Waals surface area contributed by atoms with Gasteiger partial charge in [0.05, 0.1) is 5.69 Å². The molecule has 0 atom stereocenters. The molecule has 0 spiro atoms. The van der Waals surface area contributed by atoms with Crippen molar-refractivity contribution in [1.29, 1.82) is 0 Å². The lowest BCUT2D eigenvalue weighted by molar-refractivity contribution is 0.0519. The average Bonchev–Trinajstić information content (AvgIpc) is 3.28. The number of nitrogens with zero attached hydrogens (tertiary/aromatic N) is 4. The van der Waals surface area contributed by atoms with E-state index in [-0.39, 0.29) is 17.9 Å². The molecule has 1 aromatic heterocycles. The third-order valence-corrected chi connectivity index (χ3v) is 6.13. The van der Waals surface area contributed by atoms with Gasteiger partial charge >= 0.3 is 0 Å². The van der Waals surface area contributed by atoms with E-state index in [1.54, 1.807) is 6.20 Å². The van der Waals surface area contributed by atoms with Crippen LogP contribution >= 0.6 is 0 Å². The van der Waals surface area contributed by atoms with Gasteiger partial charge in [-0.1, -0.05) is 25.1 Å². The molecule has 4 rings (SSSR count). The lowest BCUT2D eigenvalue weighted by Crippen LogP contribution is -2.49. The summed E-state index contributed by atoms with van der Waals surface area (Å²) in [5, 5.41) is 4.33. The van der Waals surface area contributed by atoms with Crippen LogP contribution in [0.3, 0.4) is 0 Å². The Labute approximate surface area is 189 Å². The third-order valence-electron chi connectivity index (χ3n) is 6.13. The summed E-state index contributed by atoms with van der Waals surface area (Å²) in [5.41, 5.74) is 3.40. The van der Waals surface area contributed by atoms with Crippen LogP contribution in [0.4, 0.5) is 0 Å². The Hall–Kier alpha value is -3.41. The highest BCUT2D eigenvalue weighted by Gasteiger charge is 2.30. The normalized spacial score (nSPS) is 14.4. The second kappa shape index (κ2) is 9.81. The number of hydrogen-bond acceptors (Lipinski definition) is 3. The van der Waals surface area contributed by atoms with Gasteiger partial charge < -0.3 is 9.80 Å². The largest absolute Gasteiger partial charge is 0.338 e. The van der Waals surface area contributed by atoms with E-state index in [4.69, 9.17) is 0 Å². The Morgan fingerprint density at radius 2 is 1.66 bits per heavy atom. The Morgan fingerprint density at radius 3 is 2.25 bits per heavy atom. The number of benzene rings is 2. The zero-order valence-electron chi connectivity index (χ0n) is 18.8. The first-order chi connectivity index (χ1) is 15.6. The maximum absolute atomic E-state index is 13.4. The molecule has 6 heteroatoms. The zero-order chi connectivity index (χ0) is 22.5. The minimum atomic E-state index is 0.0587. The van der Waals surface area contributed by atoms with E-state index < -0.39 is 0 Å². The number of rotatable bonds is 6. The number of carbonyl (C=O) groups excluding carboxylic acids is 2. The highest BCUT2D eigenvalue weighted by Crippen LogP contribution is 2.22. The summed E-state index contributed by atoms with van der Waals surface area (Å²) in [5.74, 6) is 0.130. The first-order valence-electron chi connectivity index (χ1n) is 11.3. The quantitative estimate of drug-likeness (QED) is 0.585. The number of hydrogen-bond donors (Lipinski definition) is 0. The lowest BCUT2D eigenvalue weighted by Gasteiger charge is -2.38. The molecule has 0 aliphatic carbocycles. The molecule has 2 amide bonds. The minimum absolute atomic E-state index is 0.0587. The molecular weight excluding hydrogens is 400 g/mol. The number of aryl methyl sites for hydroxylation is 1. The van der Waals surface area contributed by atoms with E-state index in [2.05, 4.69) is 12.0 Å². The van der Waals surface area contributed by atoms with Crippen LogP contribution < -0.4 is 0 Å². The summed E-state index contributed by atoms with van der Waals surface area (Å²) < 4.78 is 1.86. The van der Waals surface area contributed by atoms with E-state index >= 15 is 0 Å². The second-order valence-electron chi connectivity index (χ2n) is 8.32. The van der Waals surface area contributed by atoms with Gasteiger partial charge in [0.25, 0.3) is 11.8 Å². The van der Waals surface area contributed by atoms with Gasteiger partial charge in [-0.15, -0.1) is 0 Å². The molecule has 1 aliphatic rings. The van der Waals surface area contributed by atoms with Crippen molar-refractivity contribution >= 4 is 11.8 Å². The van der Waals surface area contributed by atoms with E-state index in [0.29, 0.717) is 18.7 Å². The highest BCUT2D eigenvalue weighted by atomic mass is 16.2. The van der Waals surface area contributed by atoms with Gasteiger partial charge in [-0.2, -0.15) is 5.10 Å². The SMILES string of the molecule is CCCN(C(=O)c1ccc(-n2nccc2C)cc1)C1CCN(C(=O)c2ccccc2)CC1. The van der Waals surface area contributed by atoms with Crippen LogP contribution in [0.15, 0.2) is 66.9 Å². The van der Waals surface area contributed by atoms with Gasteiger partial charge in [0.2, 0.25) is 0 Å². The predicted octanol–water partition coefficient (Wildman–Crippen LogP) is 4.34. The monoisotopic (exact) mass is 430 g/mol. The van der Waals surface area contributed by atoms with Crippen LogP contribution in [0.25, 0.3) is 5.69 Å². The first-order valence-corrected chi connectivity index (χ1v) is 11.3. The van der Waals surface area contributed by atoms with Crippen molar-refractivity contribution in [1.82, 2.24) is 19.6 Å². The maximum atomic E-state index is 13.4. The van der Waals surface area contributed by atoms with E-state index in [1.807, 2.05) is 82.1 Å². The van der Waals surface area contributed by atoms with Crippen molar-refractivity contribution in [3.05, 3.63) is 83.7 Å². The topological polar surface area (TPSA) is 58.4 Å². The number of likely N-dealkylation sites (tertiary alicyclic amines) is 1. The molecule has 0 saturated carbocycles. The molecule has 6 nitrogen and oxygen atoms in total. The number of aromatic nitrogens is 2. The summed E-state index contributed by atoms with van der Waals surface area (Å²) in [6.45, 7) is 6.16. The molecule has 0 bridgehead atoms. The van der Waals surface area contributed by atoms with Crippen LogP contribution in [0.1, 0.15) is 52.6 Å². The number of amides is 2. The van der Waals surface area contributed by atoms with Crippen molar-refractivity contribution < 1.29 is 9.59 Å². The Kier molecular flexibility index (Phi) is 6.69. The highest BCUT2D eigenvalue weighted by molar-refractivity contribution is 5.95. The predicted molar refractivity (Wildman–Crippen MR) is 125 cm³/mol. The molecule has 2 aromatic carbocycles. The zero-order valence-corrected chi connectivity index (χ0v) is 18.8. The van der Waals surface area contributed by atoms with Crippen molar-refractivity contribution in [3.8, 4) is 5.69 Å². The van der Waals surface area contributed by atoms with E-state index in [1.165, 1.54) is 0 Å². The van der Waals surface area contributed by atoms with Crippen LogP contribution in [0.5, 0.6) is 0 Å². The van der Waals surface area contributed by atoms with Crippen molar-refractivity contribution in [2.45, 2.75) is 39.2 Å². The molecule has 0 N–H and O–H groups in total.